The van der Waals surface area contributed by atoms with Crippen LogP contribution in [0.4, 0.5) is 0 Å². The molecule has 0 rings (SSSR count). The lowest BCUT2D eigenvalue weighted by Crippen LogP contribution is -2.35. The quantitative estimate of drug-likeness (QED) is 0.537. The van der Waals surface area contributed by atoms with E-state index in [1.807, 2.05) is 20.8 Å². The lowest BCUT2D eigenvalue weighted by molar-refractivity contribution is 0.0326. The summed E-state index contributed by atoms with van der Waals surface area (Å²) in [6.07, 6.45) is 0. The second-order valence-electron chi connectivity index (χ2n) is 3.38. The van der Waals surface area contributed by atoms with Gasteiger partial charge >= 0.3 is 0 Å². The van der Waals surface area contributed by atoms with Crippen molar-refractivity contribution in [1.29, 1.82) is 0 Å². The van der Waals surface area contributed by atoms with Crippen molar-refractivity contribution in [1.82, 2.24) is 0 Å². The molecule has 0 aromatic heterocycles. The van der Waals surface area contributed by atoms with Gasteiger partial charge in [-0.05, 0) is 20.8 Å². The van der Waals surface area contributed by atoms with Crippen molar-refractivity contribution < 1.29 is 15.3 Å². The Kier molecular flexibility index (Phi) is 4.45. The summed E-state index contributed by atoms with van der Waals surface area (Å²) in [6, 6.07) is 0. The summed E-state index contributed by atoms with van der Waals surface area (Å²) in [4.78, 5) is 0. The minimum atomic E-state index is -0.848. The average Bonchev–Trinajstić information content (AvgIpc) is 2.08. The highest BCUT2D eigenvalue weighted by Crippen LogP contribution is 2.27. The minimum Gasteiger partial charge on any atom is -0.395 e. The van der Waals surface area contributed by atoms with Crippen LogP contribution in [0.2, 0.25) is 0 Å². The Morgan fingerprint density at radius 2 is 1.25 bits per heavy atom. The van der Waals surface area contributed by atoms with Crippen LogP contribution in [0, 0.1) is 5.41 Å². The first kappa shape index (κ1) is 11.6. The van der Waals surface area contributed by atoms with Gasteiger partial charge in [0.05, 0.1) is 25.2 Å². The molecule has 0 amide bonds. The second-order valence-corrected chi connectivity index (χ2v) is 3.38. The normalized spacial score (nSPS) is 11.5. The summed E-state index contributed by atoms with van der Waals surface area (Å²) in [5.74, 6) is 0. The van der Waals surface area contributed by atoms with Crippen molar-refractivity contribution in [2.24, 2.45) is 5.41 Å². The zero-order chi connectivity index (χ0) is 9.78. The molecule has 0 saturated carbocycles. The fourth-order valence-corrected chi connectivity index (χ4v) is 1.04. The third-order valence-electron chi connectivity index (χ3n) is 2.45. The predicted octanol–water partition coefficient (Wildman–Crippen LogP) is 0.306. The van der Waals surface area contributed by atoms with Gasteiger partial charge in [0.1, 0.15) is 0 Å². The Labute approximate surface area is 73.4 Å². The van der Waals surface area contributed by atoms with Gasteiger partial charge in [0.2, 0.25) is 0 Å². The molecule has 0 heterocycles. The molecular weight excluding hydrogens is 156 g/mol. The van der Waals surface area contributed by atoms with Crippen LogP contribution in [0.5, 0.6) is 0 Å². The molecule has 0 bridgehead atoms. The third kappa shape index (κ3) is 2.06. The molecule has 0 aromatic rings. The Morgan fingerprint density at radius 3 is 1.33 bits per heavy atom. The molecule has 0 aromatic carbocycles. The summed E-state index contributed by atoms with van der Waals surface area (Å²) in [7, 11) is 0. The van der Waals surface area contributed by atoms with Crippen molar-refractivity contribution >= 4 is 0 Å². The Balaban J connectivity index is 4.84. The maximum atomic E-state index is 9.04. The van der Waals surface area contributed by atoms with E-state index in [1.54, 1.807) is 0 Å². The molecule has 72 valence electrons. The smallest absolute Gasteiger partial charge is 0.0605 e. The van der Waals surface area contributed by atoms with Crippen molar-refractivity contribution in [3.63, 3.8) is 0 Å². The largest absolute Gasteiger partial charge is 0.395 e. The number of hydrogen-bond donors (Lipinski definition) is 3. The first-order valence-corrected chi connectivity index (χ1v) is 4.01. The standard InChI is InChI=1S/C9H18O3/c1-7(2)8(3)9(4-10,5-11)6-12/h10-12H,4-6H2,1-3H3. The molecule has 0 radical (unpaired) electrons. The van der Waals surface area contributed by atoms with Crippen LogP contribution >= 0.6 is 0 Å². The molecule has 0 aliphatic heterocycles. The summed E-state index contributed by atoms with van der Waals surface area (Å²) in [5, 5.41) is 27.1. The van der Waals surface area contributed by atoms with E-state index in [-0.39, 0.29) is 19.8 Å². The minimum absolute atomic E-state index is 0.225. The SMILES string of the molecule is CC(C)=C(C)C(CO)(CO)CO. The van der Waals surface area contributed by atoms with Gasteiger partial charge in [-0.25, -0.2) is 0 Å². The maximum Gasteiger partial charge on any atom is 0.0605 e. The number of aliphatic hydroxyl groups excluding tert-OH is 3. The number of hydrogen-bond acceptors (Lipinski definition) is 3. The summed E-state index contributed by atoms with van der Waals surface area (Å²) in [5.41, 5.74) is 1.03. The Bertz CT molecular complexity index is 156. The van der Waals surface area contributed by atoms with Crippen molar-refractivity contribution in [2.75, 3.05) is 19.8 Å². The molecule has 3 nitrogen and oxygen atoms in total. The summed E-state index contributed by atoms with van der Waals surface area (Å²) >= 11 is 0. The maximum absolute atomic E-state index is 9.04. The monoisotopic (exact) mass is 174 g/mol. The van der Waals surface area contributed by atoms with Crippen LogP contribution in [0.3, 0.4) is 0 Å². The van der Waals surface area contributed by atoms with Gasteiger partial charge in [-0.15, -0.1) is 0 Å². The van der Waals surface area contributed by atoms with Crippen LogP contribution in [0.15, 0.2) is 11.1 Å². The highest BCUT2D eigenvalue weighted by molar-refractivity contribution is 5.18. The Hall–Kier alpha value is -0.380. The molecule has 0 spiro atoms. The van der Waals surface area contributed by atoms with Gasteiger partial charge in [0.25, 0.3) is 0 Å². The fraction of sp³-hybridized carbons (Fsp3) is 0.778. The van der Waals surface area contributed by atoms with E-state index in [1.165, 1.54) is 0 Å². The van der Waals surface area contributed by atoms with E-state index in [0.717, 1.165) is 11.1 Å². The zero-order valence-electron chi connectivity index (χ0n) is 7.96. The molecule has 0 saturated heterocycles. The first-order valence-electron chi connectivity index (χ1n) is 4.01. The predicted molar refractivity (Wildman–Crippen MR) is 47.7 cm³/mol. The number of aliphatic hydroxyl groups is 3. The van der Waals surface area contributed by atoms with Gasteiger partial charge < -0.3 is 15.3 Å². The van der Waals surface area contributed by atoms with E-state index >= 15 is 0 Å². The van der Waals surface area contributed by atoms with E-state index < -0.39 is 5.41 Å². The van der Waals surface area contributed by atoms with E-state index in [0.29, 0.717) is 0 Å². The van der Waals surface area contributed by atoms with Gasteiger partial charge in [0.15, 0.2) is 0 Å². The fourth-order valence-electron chi connectivity index (χ4n) is 1.04. The van der Waals surface area contributed by atoms with E-state index in [2.05, 4.69) is 0 Å². The van der Waals surface area contributed by atoms with Crippen molar-refractivity contribution in [3.8, 4) is 0 Å². The highest BCUT2D eigenvalue weighted by atomic mass is 16.3. The molecular formula is C9H18O3. The molecule has 3 N–H and O–H groups in total. The number of allylic oxidation sites excluding steroid dienone is 1. The van der Waals surface area contributed by atoms with Gasteiger partial charge in [0, 0.05) is 0 Å². The topological polar surface area (TPSA) is 60.7 Å². The average molecular weight is 174 g/mol. The molecule has 0 unspecified atom stereocenters. The Morgan fingerprint density at radius 1 is 0.917 bits per heavy atom. The summed E-state index contributed by atoms with van der Waals surface area (Å²) < 4.78 is 0. The molecule has 0 fully saturated rings. The first-order chi connectivity index (χ1) is 5.54. The molecule has 0 aliphatic rings. The van der Waals surface area contributed by atoms with E-state index in [4.69, 9.17) is 15.3 Å². The van der Waals surface area contributed by atoms with Crippen LogP contribution in [0.25, 0.3) is 0 Å². The van der Waals surface area contributed by atoms with Crippen molar-refractivity contribution in [2.45, 2.75) is 20.8 Å². The molecule has 0 aliphatic carbocycles. The lowest BCUT2D eigenvalue weighted by Gasteiger charge is -2.29. The lowest BCUT2D eigenvalue weighted by atomic mass is 9.81. The van der Waals surface area contributed by atoms with Gasteiger partial charge in [-0.3, -0.25) is 0 Å². The molecule has 0 atom stereocenters. The highest BCUT2D eigenvalue weighted by Gasteiger charge is 2.30. The molecule has 12 heavy (non-hydrogen) atoms. The summed E-state index contributed by atoms with van der Waals surface area (Å²) in [6.45, 7) is 4.93. The van der Waals surface area contributed by atoms with Crippen LogP contribution in [0.1, 0.15) is 20.8 Å². The van der Waals surface area contributed by atoms with Crippen LogP contribution < -0.4 is 0 Å². The number of rotatable bonds is 4. The zero-order valence-corrected chi connectivity index (χ0v) is 7.96. The van der Waals surface area contributed by atoms with E-state index in [9.17, 15) is 0 Å². The second kappa shape index (κ2) is 4.60. The third-order valence-corrected chi connectivity index (χ3v) is 2.45. The molecule has 3 heteroatoms. The van der Waals surface area contributed by atoms with Gasteiger partial charge in [-0.1, -0.05) is 11.1 Å². The van der Waals surface area contributed by atoms with Gasteiger partial charge in [-0.2, -0.15) is 0 Å². The van der Waals surface area contributed by atoms with Crippen LogP contribution in [-0.4, -0.2) is 35.1 Å². The van der Waals surface area contributed by atoms with Crippen molar-refractivity contribution in [3.05, 3.63) is 11.1 Å². The van der Waals surface area contributed by atoms with Crippen LogP contribution in [-0.2, 0) is 0 Å².